The van der Waals surface area contributed by atoms with Gasteiger partial charge in [0, 0.05) is 11.9 Å². The number of aryl methyl sites for hydroxylation is 1. The second-order valence-electron chi connectivity index (χ2n) is 4.07. The van der Waals surface area contributed by atoms with Crippen LogP contribution in [0.25, 0.3) is 5.95 Å². The highest BCUT2D eigenvalue weighted by molar-refractivity contribution is 5.28. The minimum Gasteiger partial charge on any atom is -0.271 e. The molecule has 0 saturated heterocycles. The predicted molar refractivity (Wildman–Crippen MR) is 60.5 cm³/mol. The number of fused-ring (bicyclic) bond motifs is 1. The molecule has 0 amide bonds. The van der Waals surface area contributed by atoms with Crippen LogP contribution in [0.15, 0.2) is 18.6 Å². The Morgan fingerprint density at radius 2 is 2.12 bits per heavy atom. The lowest BCUT2D eigenvalue weighted by molar-refractivity contribution is 0.651. The van der Waals surface area contributed by atoms with Crippen molar-refractivity contribution in [2.24, 2.45) is 0 Å². The molecular weight excluding hydrogens is 214 g/mol. The van der Waals surface area contributed by atoms with Crippen LogP contribution >= 0.6 is 0 Å². The zero-order chi connectivity index (χ0) is 11.7. The minimum atomic E-state index is 0.383. The third-order valence-corrected chi connectivity index (χ3v) is 3.00. The van der Waals surface area contributed by atoms with Crippen LogP contribution in [0.4, 0.5) is 0 Å². The highest BCUT2D eigenvalue weighted by atomic mass is 15.2. The van der Waals surface area contributed by atoms with Gasteiger partial charge >= 0.3 is 0 Å². The molecule has 1 aliphatic rings. The molecular formula is C12H11N5. The SMILES string of the molecule is N#Cc1ccnc(-n2cnc3c2CCCC3)n1. The van der Waals surface area contributed by atoms with Crippen LogP contribution in [-0.2, 0) is 12.8 Å². The van der Waals surface area contributed by atoms with Crippen LogP contribution in [0.3, 0.4) is 0 Å². The Morgan fingerprint density at radius 3 is 3.00 bits per heavy atom. The van der Waals surface area contributed by atoms with Crippen LogP contribution in [0.2, 0.25) is 0 Å². The summed E-state index contributed by atoms with van der Waals surface area (Å²) in [6.45, 7) is 0. The number of nitrogens with zero attached hydrogens (tertiary/aromatic N) is 5. The molecule has 0 unspecified atom stereocenters. The average Bonchev–Trinajstić information content (AvgIpc) is 2.82. The second kappa shape index (κ2) is 3.98. The van der Waals surface area contributed by atoms with Gasteiger partial charge in [0.2, 0.25) is 5.95 Å². The molecule has 0 fully saturated rings. The molecule has 5 heteroatoms. The molecule has 0 N–H and O–H groups in total. The van der Waals surface area contributed by atoms with Gasteiger partial charge in [-0.25, -0.2) is 15.0 Å². The predicted octanol–water partition coefficient (Wildman–Crippen LogP) is 1.41. The van der Waals surface area contributed by atoms with Gasteiger partial charge in [0.05, 0.1) is 5.69 Å². The Bertz CT molecular complexity index is 593. The molecule has 1 aliphatic carbocycles. The number of imidazole rings is 1. The zero-order valence-electron chi connectivity index (χ0n) is 9.30. The minimum absolute atomic E-state index is 0.383. The summed E-state index contributed by atoms with van der Waals surface area (Å²) in [4.78, 5) is 12.8. The van der Waals surface area contributed by atoms with Gasteiger partial charge in [-0.3, -0.25) is 4.57 Å². The Balaban J connectivity index is 2.09. The fourth-order valence-electron chi connectivity index (χ4n) is 2.17. The molecule has 84 valence electrons. The van der Waals surface area contributed by atoms with E-state index >= 15 is 0 Å². The first-order chi connectivity index (χ1) is 8.38. The fraction of sp³-hybridized carbons (Fsp3) is 0.333. The maximum atomic E-state index is 8.83. The van der Waals surface area contributed by atoms with Gasteiger partial charge in [-0.1, -0.05) is 0 Å². The van der Waals surface area contributed by atoms with Gasteiger partial charge in [-0.15, -0.1) is 0 Å². The third-order valence-electron chi connectivity index (χ3n) is 3.00. The smallest absolute Gasteiger partial charge is 0.236 e. The van der Waals surface area contributed by atoms with Gasteiger partial charge in [-0.2, -0.15) is 5.26 Å². The van der Waals surface area contributed by atoms with Crippen LogP contribution < -0.4 is 0 Å². The van der Waals surface area contributed by atoms with E-state index in [0.717, 1.165) is 18.5 Å². The Labute approximate surface area is 98.8 Å². The highest BCUT2D eigenvalue weighted by Gasteiger charge is 2.17. The quantitative estimate of drug-likeness (QED) is 0.736. The summed E-state index contributed by atoms with van der Waals surface area (Å²) in [5.74, 6) is 0.541. The largest absolute Gasteiger partial charge is 0.271 e. The number of hydrogen-bond donors (Lipinski definition) is 0. The summed E-state index contributed by atoms with van der Waals surface area (Å²) >= 11 is 0. The summed E-state index contributed by atoms with van der Waals surface area (Å²) in [5, 5.41) is 8.83. The first kappa shape index (κ1) is 9.97. The summed E-state index contributed by atoms with van der Waals surface area (Å²) in [6.07, 6.45) is 7.78. The molecule has 2 aromatic rings. The molecule has 0 saturated carbocycles. The average molecular weight is 225 g/mol. The number of hydrogen-bond acceptors (Lipinski definition) is 4. The van der Waals surface area contributed by atoms with Crippen molar-refractivity contribution in [2.75, 3.05) is 0 Å². The lowest BCUT2D eigenvalue weighted by atomic mass is 10.0. The monoisotopic (exact) mass is 225 g/mol. The molecule has 17 heavy (non-hydrogen) atoms. The summed E-state index contributed by atoms with van der Waals surface area (Å²) in [5.41, 5.74) is 2.71. The molecule has 0 aliphatic heterocycles. The third kappa shape index (κ3) is 1.68. The van der Waals surface area contributed by atoms with E-state index in [0.29, 0.717) is 11.6 Å². The number of rotatable bonds is 1. The van der Waals surface area contributed by atoms with E-state index in [9.17, 15) is 0 Å². The van der Waals surface area contributed by atoms with E-state index in [1.807, 2.05) is 10.6 Å². The van der Waals surface area contributed by atoms with Crippen LogP contribution in [0.1, 0.15) is 29.9 Å². The molecule has 3 rings (SSSR count). The van der Waals surface area contributed by atoms with Crippen molar-refractivity contribution >= 4 is 0 Å². The lowest BCUT2D eigenvalue weighted by Crippen LogP contribution is -2.09. The fourth-order valence-corrected chi connectivity index (χ4v) is 2.17. The van der Waals surface area contributed by atoms with E-state index in [4.69, 9.17) is 5.26 Å². The van der Waals surface area contributed by atoms with E-state index in [1.165, 1.54) is 18.5 Å². The second-order valence-corrected chi connectivity index (χ2v) is 4.07. The Kier molecular flexibility index (Phi) is 2.33. The number of nitriles is 1. The lowest BCUT2D eigenvalue weighted by Gasteiger charge is -2.12. The van der Waals surface area contributed by atoms with E-state index in [-0.39, 0.29) is 0 Å². The van der Waals surface area contributed by atoms with Crippen molar-refractivity contribution < 1.29 is 0 Å². The molecule has 0 spiro atoms. The summed E-state index contributed by atoms with van der Waals surface area (Å²) in [7, 11) is 0. The van der Waals surface area contributed by atoms with Crippen molar-refractivity contribution in [3.63, 3.8) is 0 Å². The molecule has 0 bridgehead atoms. The van der Waals surface area contributed by atoms with Crippen molar-refractivity contribution in [2.45, 2.75) is 25.7 Å². The first-order valence-electron chi connectivity index (χ1n) is 5.67. The summed E-state index contributed by atoms with van der Waals surface area (Å²) < 4.78 is 1.90. The first-order valence-corrected chi connectivity index (χ1v) is 5.67. The Hall–Kier alpha value is -2.22. The van der Waals surface area contributed by atoms with Crippen LogP contribution in [0, 0.1) is 11.3 Å². The van der Waals surface area contributed by atoms with Gasteiger partial charge in [-0.05, 0) is 31.7 Å². The maximum Gasteiger partial charge on any atom is 0.236 e. The van der Waals surface area contributed by atoms with E-state index in [1.54, 1.807) is 18.6 Å². The molecule has 2 aromatic heterocycles. The van der Waals surface area contributed by atoms with Gasteiger partial charge in [0.1, 0.15) is 18.1 Å². The molecule has 5 nitrogen and oxygen atoms in total. The topological polar surface area (TPSA) is 67.4 Å². The van der Waals surface area contributed by atoms with E-state index in [2.05, 4.69) is 15.0 Å². The van der Waals surface area contributed by atoms with Gasteiger partial charge in [0.25, 0.3) is 0 Å². The summed E-state index contributed by atoms with van der Waals surface area (Å²) in [6, 6.07) is 3.63. The van der Waals surface area contributed by atoms with Gasteiger partial charge < -0.3 is 0 Å². The van der Waals surface area contributed by atoms with Crippen molar-refractivity contribution in [3.8, 4) is 12.0 Å². The molecule has 0 atom stereocenters. The van der Waals surface area contributed by atoms with Crippen molar-refractivity contribution in [3.05, 3.63) is 35.7 Å². The zero-order valence-corrected chi connectivity index (χ0v) is 9.30. The van der Waals surface area contributed by atoms with E-state index < -0.39 is 0 Å². The molecule has 0 radical (unpaired) electrons. The van der Waals surface area contributed by atoms with Crippen LogP contribution in [0.5, 0.6) is 0 Å². The van der Waals surface area contributed by atoms with Gasteiger partial charge in [0.15, 0.2) is 0 Å². The standard InChI is InChI=1S/C12H11N5/c13-7-9-5-6-14-12(16-9)17-8-15-10-3-1-2-4-11(10)17/h5-6,8H,1-4H2. The van der Waals surface area contributed by atoms with Crippen molar-refractivity contribution in [1.29, 1.82) is 5.26 Å². The molecule has 2 heterocycles. The molecule has 0 aromatic carbocycles. The maximum absolute atomic E-state index is 8.83. The van der Waals surface area contributed by atoms with Crippen molar-refractivity contribution in [1.82, 2.24) is 19.5 Å². The number of aromatic nitrogens is 4. The Morgan fingerprint density at radius 1 is 1.24 bits per heavy atom. The highest BCUT2D eigenvalue weighted by Crippen LogP contribution is 2.21. The van der Waals surface area contributed by atoms with Crippen LogP contribution in [-0.4, -0.2) is 19.5 Å². The normalized spacial score (nSPS) is 14.1.